The molecule has 162 valence electrons. The lowest BCUT2D eigenvalue weighted by atomic mass is 10.3. The van der Waals surface area contributed by atoms with Crippen LogP contribution in [-0.4, -0.2) is 41.2 Å². The third kappa shape index (κ3) is 4.97. The smallest absolute Gasteiger partial charge is 0.356 e. The van der Waals surface area contributed by atoms with Gasteiger partial charge in [0, 0.05) is 30.8 Å². The molecule has 11 heteroatoms. The quantitative estimate of drug-likeness (QED) is 0.548. The van der Waals surface area contributed by atoms with Crippen LogP contribution in [0.2, 0.25) is 0 Å². The number of carboxylic acids is 1. The molecule has 1 amide bonds. The fraction of sp³-hybridized carbons (Fsp3) is 0.421. The summed E-state index contributed by atoms with van der Waals surface area (Å²) in [6, 6.07) is 5.16. The second-order valence-electron chi connectivity index (χ2n) is 7.25. The Kier molecular flexibility index (Phi) is 6.13. The fourth-order valence-electron chi connectivity index (χ4n) is 2.64. The van der Waals surface area contributed by atoms with Gasteiger partial charge in [0.2, 0.25) is 21.8 Å². The first-order valence-corrected chi connectivity index (χ1v) is 11.0. The van der Waals surface area contributed by atoms with Gasteiger partial charge >= 0.3 is 5.97 Å². The Hall–Kier alpha value is -2.92. The average molecular weight is 436 g/mol. The van der Waals surface area contributed by atoms with Crippen molar-refractivity contribution >= 4 is 27.6 Å². The minimum absolute atomic E-state index is 0.0184. The van der Waals surface area contributed by atoms with Gasteiger partial charge in [-0.3, -0.25) is 4.79 Å². The van der Waals surface area contributed by atoms with E-state index in [0.29, 0.717) is 12.1 Å². The number of aromatic carboxylic acids is 1. The van der Waals surface area contributed by atoms with E-state index in [1.54, 1.807) is 6.92 Å². The number of carbonyl (C=O) groups is 2. The van der Waals surface area contributed by atoms with Crippen molar-refractivity contribution in [1.82, 2.24) is 14.5 Å². The normalized spacial score (nSPS) is 14.9. The molecule has 1 heterocycles. The molecule has 1 aliphatic carbocycles. The molecule has 10 nitrogen and oxygen atoms in total. The van der Waals surface area contributed by atoms with Crippen molar-refractivity contribution in [1.29, 1.82) is 0 Å². The number of rotatable bonds is 9. The maximum atomic E-state index is 13.0. The zero-order valence-electron chi connectivity index (χ0n) is 16.9. The number of aromatic nitrogens is 2. The first-order valence-electron chi connectivity index (χ1n) is 9.53. The molecule has 0 saturated heterocycles. The topological polar surface area (TPSA) is 140 Å². The van der Waals surface area contributed by atoms with E-state index in [0.717, 1.165) is 12.8 Å². The number of anilines is 1. The van der Waals surface area contributed by atoms with E-state index < -0.39 is 16.0 Å². The minimum atomic E-state index is -3.98. The Balaban J connectivity index is 1.98. The second-order valence-corrected chi connectivity index (χ2v) is 8.94. The first kappa shape index (κ1) is 21.8. The van der Waals surface area contributed by atoms with E-state index in [9.17, 15) is 18.0 Å². The Bertz CT molecular complexity index is 1070. The average Bonchev–Trinajstić information content (AvgIpc) is 3.46. The maximum absolute atomic E-state index is 13.0. The molecule has 1 atom stereocenters. The highest BCUT2D eigenvalue weighted by atomic mass is 32.2. The summed E-state index contributed by atoms with van der Waals surface area (Å²) >= 11 is 0. The van der Waals surface area contributed by atoms with E-state index in [-0.39, 0.29) is 40.1 Å². The molecular weight excluding hydrogens is 412 g/mol. The first-order chi connectivity index (χ1) is 14.1. The Labute approximate surface area is 174 Å². The maximum Gasteiger partial charge on any atom is 0.356 e. The lowest BCUT2D eigenvalue weighted by Gasteiger charge is -2.16. The molecule has 0 spiro atoms. The lowest BCUT2D eigenvalue weighted by Crippen LogP contribution is -2.32. The molecule has 30 heavy (non-hydrogen) atoms. The van der Waals surface area contributed by atoms with Crippen LogP contribution in [-0.2, 0) is 21.9 Å². The fourth-order valence-corrected chi connectivity index (χ4v) is 4.12. The van der Waals surface area contributed by atoms with Crippen LogP contribution < -0.4 is 14.8 Å². The third-order valence-corrected chi connectivity index (χ3v) is 6.30. The highest BCUT2D eigenvalue weighted by Gasteiger charge is 2.30. The predicted octanol–water partition coefficient (Wildman–Crippen LogP) is 2.34. The lowest BCUT2D eigenvalue weighted by molar-refractivity contribution is -0.117. The zero-order chi connectivity index (χ0) is 22.1. The van der Waals surface area contributed by atoms with Crippen LogP contribution in [0.4, 0.5) is 5.69 Å². The van der Waals surface area contributed by atoms with Gasteiger partial charge in [0.05, 0.1) is 0 Å². The van der Waals surface area contributed by atoms with E-state index in [4.69, 9.17) is 9.84 Å². The monoisotopic (exact) mass is 436 g/mol. The van der Waals surface area contributed by atoms with Crippen LogP contribution in [0.3, 0.4) is 0 Å². The van der Waals surface area contributed by atoms with Gasteiger partial charge in [-0.15, -0.1) is 0 Å². The van der Waals surface area contributed by atoms with Gasteiger partial charge in [-0.25, -0.2) is 22.6 Å². The van der Waals surface area contributed by atoms with Crippen molar-refractivity contribution < 1.29 is 27.9 Å². The molecule has 1 aromatic carbocycles. The summed E-state index contributed by atoms with van der Waals surface area (Å²) in [6.45, 7) is 3.58. The van der Waals surface area contributed by atoms with Crippen molar-refractivity contribution in [2.75, 3.05) is 5.32 Å². The standard InChI is InChI=1S/C19H24N4O6S/c1-4-11(2)22-30(27,28)16-9-13(20-18(24)12-5-6-12)7-8-15(16)29-17-10-14(19(25)26)21-23(17)3/h7-12,22H,4-6H2,1-3H3,(H,20,24)(H,25,26)/t11-/m0/s1. The highest BCUT2D eigenvalue weighted by Crippen LogP contribution is 2.34. The molecule has 0 radical (unpaired) electrons. The molecule has 0 unspecified atom stereocenters. The molecule has 2 aromatic rings. The van der Waals surface area contributed by atoms with Crippen LogP contribution in [0.15, 0.2) is 29.2 Å². The Morgan fingerprint density at radius 3 is 2.60 bits per heavy atom. The molecule has 1 aliphatic rings. The van der Waals surface area contributed by atoms with Gasteiger partial charge in [-0.1, -0.05) is 6.92 Å². The minimum Gasteiger partial charge on any atom is -0.476 e. The van der Waals surface area contributed by atoms with Crippen molar-refractivity contribution in [3.63, 3.8) is 0 Å². The summed E-state index contributed by atoms with van der Waals surface area (Å²) in [5.74, 6) is -1.38. The van der Waals surface area contributed by atoms with Gasteiger partial charge in [0.15, 0.2) is 5.69 Å². The molecule has 3 N–H and O–H groups in total. The van der Waals surface area contributed by atoms with E-state index in [2.05, 4.69) is 15.1 Å². The van der Waals surface area contributed by atoms with Crippen molar-refractivity contribution in [2.24, 2.45) is 13.0 Å². The summed E-state index contributed by atoms with van der Waals surface area (Å²) in [6.07, 6.45) is 2.22. The summed E-state index contributed by atoms with van der Waals surface area (Å²) in [5, 5.41) is 15.6. The van der Waals surface area contributed by atoms with Crippen LogP contribution in [0.5, 0.6) is 11.6 Å². The predicted molar refractivity (Wildman–Crippen MR) is 108 cm³/mol. The summed E-state index contributed by atoms with van der Waals surface area (Å²) in [4.78, 5) is 23.0. The van der Waals surface area contributed by atoms with Gasteiger partial charge in [-0.2, -0.15) is 5.10 Å². The summed E-state index contributed by atoms with van der Waals surface area (Å²) in [5.41, 5.74) is 0.1000. The molecule has 1 aromatic heterocycles. The Morgan fingerprint density at radius 1 is 1.33 bits per heavy atom. The van der Waals surface area contributed by atoms with Crippen molar-refractivity contribution in [3.8, 4) is 11.6 Å². The SMILES string of the molecule is CC[C@H](C)NS(=O)(=O)c1cc(NC(=O)C2CC2)ccc1Oc1cc(C(=O)O)nn1C. The number of nitrogens with zero attached hydrogens (tertiary/aromatic N) is 2. The number of aryl methyl sites for hydroxylation is 1. The number of amides is 1. The Morgan fingerprint density at radius 2 is 2.03 bits per heavy atom. The van der Waals surface area contributed by atoms with E-state index in [1.165, 1.54) is 36.0 Å². The van der Waals surface area contributed by atoms with Gasteiger partial charge in [0.25, 0.3) is 0 Å². The largest absolute Gasteiger partial charge is 0.476 e. The molecule has 3 rings (SSSR count). The van der Waals surface area contributed by atoms with E-state index >= 15 is 0 Å². The third-order valence-electron chi connectivity index (χ3n) is 4.69. The number of benzene rings is 1. The van der Waals surface area contributed by atoms with Crippen molar-refractivity contribution in [3.05, 3.63) is 30.0 Å². The number of hydrogen-bond acceptors (Lipinski definition) is 6. The number of carbonyl (C=O) groups excluding carboxylic acids is 1. The molecule has 1 saturated carbocycles. The number of hydrogen-bond donors (Lipinski definition) is 3. The second kappa shape index (κ2) is 8.44. The zero-order valence-corrected chi connectivity index (χ0v) is 17.7. The van der Waals surface area contributed by atoms with Crippen LogP contribution in [0.25, 0.3) is 0 Å². The van der Waals surface area contributed by atoms with Crippen molar-refractivity contribution in [2.45, 2.75) is 44.0 Å². The van der Waals surface area contributed by atoms with Crippen LogP contribution in [0, 0.1) is 5.92 Å². The van der Waals surface area contributed by atoms with Gasteiger partial charge in [0.1, 0.15) is 10.6 Å². The highest BCUT2D eigenvalue weighted by molar-refractivity contribution is 7.89. The van der Waals surface area contributed by atoms with Crippen LogP contribution in [0.1, 0.15) is 43.6 Å². The van der Waals surface area contributed by atoms with Crippen LogP contribution >= 0.6 is 0 Å². The molecule has 0 aliphatic heterocycles. The molecule has 1 fully saturated rings. The summed E-state index contributed by atoms with van der Waals surface area (Å²) < 4.78 is 35.4. The number of nitrogens with one attached hydrogen (secondary N) is 2. The molecule has 0 bridgehead atoms. The van der Waals surface area contributed by atoms with E-state index in [1.807, 2.05) is 6.92 Å². The van der Waals surface area contributed by atoms with Gasteiger partial charge < -0.3 is 15.2 Å². The molecular formula is C19H24N4O6S. The van der Waals surface area contributed by atoms with Gasteiger partial charge in [-0.05, 0) is 44.4 Å². The number of carboxylic acid groups (broad SMARTS) is 1. The number of sulfonamides is 1. The number of ether oxygens (including phenoxy) is 1. The summed E-state index contributed by atoms with van der Waals surface area (Å²) in [7, 11) is -2.50.